The molecule has 0 bridgehead atoms. The Labute approximate surface area is 118 Å². The van der Waals surface area contributed by atoms with E-state index in [1.54, 1.807) is 0 Å². The molecule has 0 heterocycles. The molecule has 5 heteroatoms. The average molecular weight is 281 g/mol. The molecule has 110 valence electrons. The summed E-state index contributed by atoms with van der Waals surface area (Å²) in [5.74, 6) is -1.24. The Hall–Kier alpha value is -1.91. The van der Waals surface area contributed by atoms with E-state index >= 15 is 0 Å². The maximum atomic E-state index is 13.6. The van der Waals surface area contributed by atoms with Gasteiger partial charge < -0.3 is 10.4 Å². The number of anilines is 1. The molecule has 0 fully saturated rings. The number of carboxylic acid groups (broad SMARTS) is 1. The van der Waals surface area contributed by atoms with Gasteiger partial charge in [0.25, 0.3) is 0 Å². The first-order valence-corrected chi connectivity index (χ1v) is 6.59. The van der Waals surface area contributed by atoms with Crippen molar-refractivity contribution in [2.24, 2.45) is 11.8 Å². The Morgan fingerprint density at radius 1 is 1.30 bits per heavy atom. The quantitative estimate of drug-likeness (QED) is 0.842. The highest BCUT2D eigenvalue weighted by Crippen LogP contribution is 2.18. The van der Waals surface area contributed by atoms with Gasteiger partial charge in [0.1, 0.15) is 5.82 Å². The van der Waals surface area contributed by atoms with E-state index in [9.17, 15) is 14.0 Å². The molecule has 1 rings (SSSR count). The normalized spacial score (nSPS) is 12.2. The Balaban J connectivity index is 2.67. The molecule has 0 saturated carbocycles. The van der Waals surface area contributed by atoms with Crippen molar-refractivity contribution in [2.75, 3.05) is 5.32 Å². The number of carbonyl (C=O) groups is 2. The van der Waals surface area contributed by atoms with Crippen LogP contribution in [0.2, 0.25) is 0 Å². The van der Waals surface area contributed by atoms with Gasteiger partial charge in [0.2, 0.25) is 5.91 Å². The third-order valence-corrected chi connectivity index (χ3v) is 3.32. The molecule has 0 radical (unpaired) electrons. The zero-order chi connectivity index (χ0) is 15.3. The summed E-state index contributed by atoms with van der Waals surface area (Å²) in [5.41, 5.74) is 0.448. The fourth-order valence-electron chi connectivity index (χ4n) is 1.67. The van der Waals surface area contributed by atoms with Crippen LogP contribution >= 0.6 is 0 Å². The standard InChI is InChI=1S/C15H20FNO3/c1-9(2)10(3)6-14(18)17-12-5-4-11(7-15(19)20)13(16)8-12/h4-5,8-10H,6-7H2,1-3H3,(H,17,18)(H,19,20). The number of nitrogens with one attached hydrogen (secondary N) is 1. The molecule has 4 nitrogen and oxygen atoms in total. The Bertz CT molecular complexity index is 500. The van der Waals surface area contributed by atoms with Crippen molar-refractivity contribution >= 4 is 17.6 Å². The van der Waals surface area contributed by atoms with E-state index in [2.05, 4.69) is 5.32 Å². The highest BCUT2D eigenvalue weighted by molar-refractivity contribution is 5.90. The van der Waals surface area contributed by atoms with Gasteiger partial charge in [-0.05, 0) is 29.5 Å². The lowest BCUT2D eigenvalue weighted by molar-refractivity contribution is -0.136. The van der Waals surface area contributed by atoms with E-state index in [4.69, 9.17) is 5.11 Å². The van der Waals surface area contributed by atoms with Gasteiger partial charge in [0.15, 0.2) is 0 Å². The van der Waals surface area contributed by atoms with Crippen molar-refractivity contribution in [1.82, 2.24) is 0 Å². The van der Waals surface area contributed by atoms with Crippen molar-refractivity contribution in [1.29, 1.82) is 0 Å². The smallest absolute Gasteiger partial charge is 0.307 e. The number of carboxylic acids is 1. The zero-order valence-corrected chi connectivity index (χ0v) is 11.9. The number of halogens is 1. The predicted molar refractivity (Wildman–Crippen MR) is 75.0 cm³/mol. The second-order valence-electron chi connectivity index (χ2n) is 5.35. The van der Waals surface area contributed by atoms with Gasteiger partial charge in [-0.3, -0.25) is 9.59 Å². The Kier molecular flexibility index (Phi) is 5.67. The maximum absolute atomic E-state index is 13.6. The van der Waals surface area contributed by atoms with Crippen molar-refractivity contribution in [2.45, 2.75) is 33.6 Å². The monoisotopic (exact) mass is 281 g/mol. The van der Waals surface area contributed by atoms with E-state index in [0.717, 1.165) is 6.07 Å². The summed E-state index contributed by atoms with van der Waals surface area (Å²) in [6.45, 7) is 6.07. The summed E-state index contributed by atoms with van der Waals surface area (Å²) in [5, 5.41) is 11.2. The maximum Gasteiger partial charge on any atom is 0.307 e. The lowest BCUT2D eigenvalue weighted by Gasteiger charge is -2.15. The van der Waals surface area contributed by atoms with Crippen LogP contribution in [0.15, 0.2) is 18.2 Å². The van der Waals surface area contributed by atoms with Gasteiger partial charge in [-0.1, -0.05) is 26.8 Å². The molecule has 1 aromatic carbocycles. The van der Waals surface area contributed by atoms with Gasteiger partial charge >= 0.3 is 5.97 Å². The number of carbonyl (C=O) groups excluding carboxylic acids is 1. The minimum absolute atomic E-state index is 0.103. The molecule has 0 aliphatic rings. The van der Waals surface area contributed by atoms with Crippen molar-refractivity contribution in [3.8, 4) is 0 Å². The van der Waals surface area contributed by atoms with Crippen LogP contribution < -0.4 is 5.32 Å². The van der Waals surface area contributed by atoms with Crippen molar-refractivity contribution in [3.63, 3.8) is 0 Å². The second-order valence-corrected chi connectivity index (χ2v) is 5.35. The summed E-state index contributed by atoms with van der Waals surface area (Å²) in [6, 6.07) is 4.04. The molecular weight excluding hydrogens is 261 g/mol. The summed E-state index contributed by atoms with van der Waals surface area (Å²) < 4.78 is 13.6. The van der Waals surface area contributed by atoms with Gasteiger partial charge in [-0.25, -0.2) is 4.39 Å². The molecule has 0 aliphatic heterocycles. The molecule has 2 N–H and O–H groups in total. The molecule has 0 saturated heterocycles. The van der Waals surface area contributed by atoms with Crippen LogP contribution in [0.5, 0.6) is 0 Å². The highest BCUT2D eigenvalue weighted by atomic mass is 19.1. The minimum Gasteiger partial charge on any atom is -0.481 e. The predicted octanol–water partition coefficient (Wildman–Crippen LogP) is 3.07. The Morgan fingerprint density at radius 3 is 2.45 bits per heavy atom. The van der Waals surface area contributed by atoms with E-state index in [1.165, 1.54) is 12.1 Å². The third kappa shape index (κ3) is 4.99. The van der Waals surface area contributed by atoms with Gasteiger partial charge in [-0.15, -0.1) is 0 Å². The Morgan fingerprint density at radius 2 is 1.95 bits per heavy atom. The molecule has 1 aromatic rings. The summed E-state index contributed by atoms with van der Waals surface area (Å²) in [7, 11) is 0. The summed E-state index contributed by atoms with van der Waals surface area (Å²) >= 11 is 0. The van der Waals surface area contributed by atoms with Gasteiger partial charge in [0, 0.05) is 12.1 Å². The number of hydrogen-bond acceptors (Lipinski definition) is 2. The van der Waals surface area contributed by atoms with Crippen LogP contribution in [-0.2, 0) is 16.0 Å². The van der Waals surface area contributed by atoms with Crippen LogP contribution in [0.25, 0.3) is 0 Å². The number of benzene rings is 1. The number of amides is 1. The molecule has 1 atom stereocenters. The molecule has 0 aliphatic carbocycles. The molecule has 0 aromatic heterocycles. The molecular formula is C15H20FNO3. The summed E-state index contributed by atoms with van der Waals surface area (Å²) in [4.78, 5) is 22.3. The van der Waals surface area contributed by atoms with E-state index in [-0.39, 0.29) is 23.8 Å². The van der Waals surface area contributed by atoms with E-state index in [0.29, 0.717) is 18.0 Å². The largest absolute Gasteiger partial charge is 0.481 e. The second kappa shape index (κ2) is 7.03. The molecule has 1 amide bonds. The fraction of sp³-hybridized carbons (Fsp3) is 0.467. The number of rotatable bonds is 6. The lowest BCUT2D eigenvalue weighted by Crippen LogP contribution is -2.18. The first kappa shape index (κ1) is 16.1. The van der Waals surface area contributed by atoms with Crippen LogP contribution in [0.4, 0.5) is 10.1 Å². The summed E-state index contributed by atoms with van der Waals surface area (Å²) in [6.07, 6.45) is 0.000602. The topological polar surface area (TPSA) is 66.4 Å². The fourth-order valence-corrected chi connectivity index (χ4v) is 1.67. The van der Waals surface area contributed by atoms with Crippen LogP contribution in [0.3, 0.4) is 0 Å². The first-order valence-electron chi connectivity index (χ1n) is 6.59. The van der Waals surface area contributed by atoms with Crippen molar-refractivity contribution < 1.29 is 19.1 Å². The molecule has 20 heavy (non-hydrogen) atoms. The SMILES string of the molecule is CC(C)C(C)CC(=O)Nc1ccc(CC(=O)O)c(F)c1. The van der Waals surface area contributed by atoms with E-state index in [1.807, 2.05) is 20.8 Å². The van der Waals surface area contributed by atoms with Crippen molar-refractivity contribution in [3.05, 3.63) is 29.6 Å². The third-order valence-electron chi connectivity index (χ3n) is 3.32. The van der Waals surface area contributed by atoms with Crippen LogP contribution in [0.1, 0.15) is 32.8 Å². The zero-order valence-electron chi connectivity index (χ0n) is 11.9. The number of hydrogen-bond donors (Lipinski definition) is 2. The highest BCUT2D eigenvalue weighted by Gasteiger charge is 2.13. The van der Waals surface area contributed by atoms with Crippen LogP contribution in [-0.4, -0.2) is 17.0 Å². The van der Waals surface area contributed by atoms with E-state index < -0.39 is 11.8 Å². The molecule has 1 unspecified atom stereocenters. The van der Waals surface area contributed by atoms with Gasteiger partial charge in [-0.2, -0.15) is 0 Å². The first-order chi connectivity index (χ1) is 9.29. The lowest BCUT2D eigenvalue weighted by atomic mass is 9.94. The van der Waals surface area contributed by atoms with Crippen LogP contribution in [0, 0.1) is 17.7 Å². The molecule has 0 spiro atoms. The number of aliphatic carboxylic acids is 1. The van der Waals surface area contributed by atoms with Gasteiger partial charge in [0.05, 0.1) is 6.42 Å². The average Bonchev–Trinajstić information content (AvgIpc) is 2.31. The minimum atomic E-state index is -1.09.